The lowest BCUT2D eigenvalue weighted by Crippen LogP contribution is -2.52. The van der Waals surface area contributed by atoms with Crippen LogP contribution >= 0.6 is 11.8 Å². The van der Waals surface area contributed by atoms with Crippen LogP contribution in [0.1, 0.15) is 39.0 Å². The van der Waals surface area contributed by atoms with E-state index in [1.54, 1.807) is 0 Å². The number of amides is 1. The Morgan fingerprint density at radius 3 is 2.55 bits per heavy atom. The second-order valence-corrected chi connectivity index (χ2v) is 8.22. The summed E-state index contributed by atoms with van der Waals surface area (Å²) in [5.41, 5.74) is 0. The van der Waals surface area contributed by atoms with Crippen molar-refractivity contribution in [3.63, 3.8) is 0 Å². The number of hydrogen-bond donors (Lipinski definition) is 0. The molecule has 0 radical (unpaired) electrons. The predicted molar refractivity (Wildman–Crippen MR) is 93.4 cm³/mol. The van der Waals surface area contributed by atoms with E-state index in [0.717, 1.165) is 63.2 Å². The van der Waals surface area contributed by atoms with Crippen molar-refractivity contribution in [3.8, 4) is 0 Å². The van der Waals surface area contributed by atoms with Crippen molar-refractivity contribution in [2.24, 2.45) is 0 Å². The average molecular weight is 326 g/mol. The molecule has 3 fully saturated rings. The first-order valence-electron chi connectivity index (χ1n) is 9.13. The van der Waals surface area contributed by atoms with Gasteiger partial charge in [-0.3, -0.25) is 4.79 Å². The molecule has 5 heteroatoms. The summed E-state index contributed by atoms with van der Waals surface area (Å²) in [7, 11) is 0. The first-order chi connectivity index (χ1) is 10.8. The SMILES string of the molecule is CCN1CCN(CCC(=O)N2CCS[C@@H]3CCCC[C@@H]32)CC1. The van der Waals surface area contributed by atoms with Crippen molar-refractivity contribution in [1.29, 1.82) is 0 Å². The number of nitrogens with zero attached hydrogens (tertiary/aromatic N) is 3. The lowest BCUT2D eigenvalue weighted by molar-refractivity contribution is -0.134. The van der Waals surface area contributed by atoms with Crippen LogP contribution in [0, 0.1) is 0 Å². The van der Waals surface area contributed by atoms with E-state index in [1.807, 2.05) is 0 Å². The highest BCUT2D eigenvalue weighted by atomic mass is 32.2. The molecule has 2 saturated heterocycles. The van der Waals surface area contributed by atoms with Crippen molar-refractivity contribution >= 4 is 17.7 Å². The molecule has 3 rings (SSSR count). The first kappa shape index (κ1) is 16.6. The summed E-state index contributed by atoms with van der Waals surface area (Å²) >= 11 is 2.11. The monoisotopic (exact) mass is 325 g/mol. The molecule has 1 amide bonds. The topological polar surface area (TPSA) is 26.8 Å². The molecule has 0 bridgehead atoms. The van der Waals surface area contributed by atoms with Gasteiger partial charge in [0, 0.05) is 62.7 Å². The molecule has 2 heterocycles. The van der Waals surface area contributed by atoms with Crippen LogP contribution in [-0.2, 0) is 4.79 Å². The standard InChI is InChI=1S/C17H31N3OS/c1-2-18-9-11-19(12-10-18)8-7-17(21)20-13-14-22-16-6-4-3-5-15(16)20/h15-16H,2-14H2,1H3/t15-,16+/m0/s1. The van der Waals surface area contributed by atoms with Crippen molar-refractivity contribution in [2.75, 3.05) is 51.6 Å². The zero-order valence-corrected chi connectivity index (χ0v) is 14.8. The molecule has 1 aliphatic carbocycles. The number of carbonyl (C=O) groups is 1. The Labute approximate surface area is 139 Å². The second kappa shape index (κ2) is 8.02. The van der Waals surface area contributed by atoms with Gasteiger partial charge in [0.05, 0.1) is 0 Å². The van der Waals surface area contributed by atoms with Gasteiger partial charge in [-0.25, -0.2) is 0 Å². The number of hydrogen-bond acceptors (Lipinski definition) is 4. The minimum atomic E-state index is 0.412. The van der Waals surface area contributed by atoms with E-state index in [4.69, 9.17) is 0 Å². The Hall–Kier alpha value is -0.260. The van der Waals surface area contributed by atoms with Crippen LogP contribution in [0.4, 0.5) is 0 Å². The molecule has 0 unspecified atom stereocenters. The summed E-state index contributed by atoms with van der Waals surface area (Å²) in [6, 6.07) is 0.539. The minimum Gasteiger partial charge on any atom is -0.338 e. The molecule has 22 heavy (non-hydrogen) atoms. The number of likely N-dealkylation sites (N-methyl/N-ethyl adjacent to an activating group) is 1. The van der Waals surface area contributed by atoms with Crippen LogP contribution in [-0.4, -0.2) is 83.5 Å². The van der Waals surface area contributed by atoms with Crippen LogP contribution in [0.25, 0.3) is 0 Å². The number of fused-ring (bicyclic) bond motifs is 1. The first-order valence-corrected chi connectivity index (χ1v) is 10.2. The zero-order valence-electron chi connectivity index (χ0n) is 14.0. The molecule has 0 aromatic heterocycles. The molecular formula is C17H31N3OS. The van der Waals surface area contributed by atoms with Gasteiger partial charge in [0.25, 0.3) is 0 Å². The maximum atomic E-state index is 12.7. The highest BCUT2D eigenvalue weighted by Gasteiger charge is 2.36. The van der Waals surface area contributed by atoms with E-state index in [9.17, 15) is 4.79 Å². The molecular weight excluding hydrogens is 294 g/mol. The van der Waals surface area contributed by atoms with Crippen LogP contribution in [0.3, 0.4) is 0 Å². The van der Waals surface area contributed by atoms with E-state index < -0.39 is 0 Å². The third kappa shape index (κ3) is 3.98. The second-order valence-electron chi connectivity index (χ2n) is 6.87. The molecule has 0 spiro atoms. The fraction of sp³-hybridized carbons (Fsp3) is 0.941. The normalized spacial score (nSPS) is 31.0. The van der Waals surface area contributed by atoms with E-state index in [1.165, 1.54) is 25.7 Å². The van der Waals surface area contributed by atoms with Gasteiger partial charge in [0.1, 0.15) is 0 Å². The van der Waals surface area contributed by atoms with Gasteiger partial charge < -0.3 is 14.7 Å². The zero-order chi connectivity index (χ0) is 15.4. The van der Waals surface area contributed by atoms with Crippen molar-refractivity contribution in [1.82, 2.24) is 14.7 Å². The van der Waals surface area contributed by atoms with E-state index in [-0.39, 0.29) is 0 Å². The van der Waals surface area contributed by atoms with Gasteiger partial charge in [-0.2, -0.15) is 11.8 Å². The lowest BCUT2D eigenvalue weighted by Gasteiger charge is -2.44. The van der Waals surface area contributed by atoms with E-state index in [2.05, 4.69) is 33.4 Å². The molecule has 2 aliphatic heterocycles. The predicted octanol–water partition coefficient (Wildman–Crippen LogP) is 1.90. The summed E-state index contributed by atoms with van der Waals surface area (Å²) in [6.45, 7) is 9.90. The van der Waals surface area contributed by atoms with Crippen LogP contribution in [0.5, 0.6) is 0 Å². The highest BCUT2D eigenvalue weighted by molar-refractivity contribution is 8.00. The maximum absolute atomic E-state index is 12.7. The van der Waals surface area contributed by atoms with Crippen LogP contribution < -0.4 is 0 Å². The molecule has 126 valence electrons. The Kier molecular flexibility index (Phi) is 6.05. The van der Waals surface area contributed by atoms with E-state index in [0.29, 0.717) is 11.9 Å². The van der Waals surface area contributed by atoms with Crippen LogP contribution in [0.15, 0.2) is 0 Å². The summed E-state index contributed by atoms with van der Waals surface area (Å²) in [4.78, 5) is 19.9. The number of thioether (sulfide) groups is 1. The van der Waals surface area contributed by atoms with Gasteiger partial charge in [0.2, 0.25) is 5.91 Å². The summed E-state index contributed by atoms with van der Waals surface area (Å²) in [6.07, 6.45) is 5.94. The third-order valence-electron chi connectivity index (χ3n) is 5.61. The van der Waals surface area contributed by atoms with Gasteiger partial charge in [-0.05, 0) is 19.4 Å². The van der Waals surface area contributed by atoms with Crippen molar-refractivity contribution in [2.45, 2.75) is 50.3 Å². The summed E-state index contributed by atoms with van der Waals surface area (Å²) in [5, 5.41) is 0.722. The van der Waals surface area contributed by atoms with Gasteiger partial charge in [-0.15, -0.1) is 0 Å². The number of carbonyl (C=O) groups excluding carboxylic acids is 1. The number of piperazine rings is 1. The Bertz CT molecular complexity index is 369. The lowest BCUT2D eigenvalue weighted by atomic mass is 9.93. The Morgan fingerprint density at radius 2 is 1.77 bits per heavy atom. The molecule has 0 N–H and O–H groups in total. The molecule has 4 nitrogen and oxygen atoms in total. The van der Waals surface area contributed by atoms with Crippen molar-refractivity contribution in [3.05, 3.63) is 0 Å². The highest BCUT2D eigenvalue weighted by Crippen LogP contribution is 2.35. The van der Waals surface area contributed by atoms with Crippen LogP contribution in [0.2, 0.25) is 0 Å². The molecule has 1 saturated carbocycles. The summed E-state index contributed by atoms with van der Waals surface area (Å²) in [5.74, 6) is 1.55. The van der Waals surface area contributed by atoms with Gasteiger partial charge in [-0.1, -0.05) is 19.8 Å². The molecule has 2 atom stereocenters. The Balaban J connectivity index is 1.45. The molecule has 0 aromatic carbocycles. The average Bonchev–Trinajstić information content (AvgIpc) is 2.59. The quantitative estimate of drug-likeness (QED) is 0.789. The molecule has 3 aliphatic rings. The molecule has 0 aromatic rings. The van der Waals surface area contributed by atoms with Crippen molar-refractivity contribution < 1.29 is 4.79 Å². The fourth-order valence-electron chi connectivity index (χ4n) is 4.13. The van der Waals surface area contributed by atoms with E-state index >= 15 is 0 Å². The maximum Gasteiger partial charge on any atom is 0.224 e. The minimum absolute atomic E-state index is 0.412. The fourth-order valence-corrected chi connectivity index (χ4v) is 5.58. The number of rotatable bonds is 4. The summed E-state index contributed by atoms with van der Waals surface area (Å²) < 4.78 is 0. The largest absolute Gasteiger partial charge is 0.338 e. The van der Waals surface area contributed by atoms with Gasteiger partial charge >= 0.3 is 0 Å². The third-order valence-corrected chi connectivity index (χ3v) is 7.00. The Morgan fingerprint density at radius 1 is 1.05 bits per heavy atom. The smallest absolute Gasteiger partial charge is 0.224 e. The van der Waals surface area contributed by atoms with Gasteiger partial charge in [0.15, 0.2) is 0 Å².